The van der Waals surface area contributed by atoms with Crippen LogP contribution in [0, 0.1) is 6.92 Å². The van der Waals surface area contributed by atoms with Gasteiger partial charge in [0.1, 0.15) is 0 Å². The van der Waals surface area contributed by atoms with Crippen LogP contribution >= 0.6 is 35.4 Å². The maximum atomic E-state index is 12.7. The Hall–Kier alpha value is -3.13. The van der Waals surface area contributed by atoms with E-state index in [1.165, 1.54) is 6.07 Å². The van der Waals surface area contributed by atoms with Gasteiger partial charge in [0.25, 0.3) is 11.8 Å². The first-order chi connectivity index (χ1) is 16.8. The highest BCUT2D eigenvalue weighted by Gasteiger charge is 2.22. The third kappa shape index (κ3) is 6.31. The largest absolute Gasteiger partial charge is 0.368 e. The van der Waals surface area contributed by atoms with E-state index in [0.29, 0.717) is 28.7 Å². The number of halogens is 2. The fourth-order valence-electron chi connectivity index (χ4n) is 3.78. The van der Waals surface area contributed by atoms with Crippen LogP contribution in [0.5, 0.6) is 0 Å². The first-order valence-electron chi connectivity index (χ1n) is 11.1. The number of thiocarbonyl (C=S) groups is 1. The number of carbonyl (C=O) groups excluding carboxylic acids is 2. The van der Waals surface area contributed by atoms with Crippen LogP contribution in [0.2, 0.25) is 10.0 Å². The van der Waals surface area contributed by atoms with Crippen molar-refractivity contribution in [3.05, 3.63) is 93.5 Å². The van der Waals surface area contributed by atoms with Crippen molar-refractivity contribution in [2.24, 2.45) is 0 Å². The average Bonchev–Trinajstić information content (AvgIpc) is 2.86. The Morgan fingerprint density at radius 2 is 1.46 bits per heavy atom. The minimum Gasteiger partial charge on any atom is -0.368 e. The van der Waals surface area contributed by atoms with Gasteiger partial charge < -0.3 is 15.1 Å². The highest BCUT2D eigenvalue weighted by atomic mass is 35.5. The van der Waals surface area contributed by atoms with Crippen LogP contribution in [-0.4, -0.2) is 48.0 Å². The van der Waals surface area contributed by atoms with Gasteiger partial charge in [0.05, 0.1) is 10.0 Å². The second-order valence-electron chi connectivity index (χ2n) is 8.23. The van der Waals surface area contributed by atoms with Gasteiger partial charge in [-0.05, 0) is 73.7 Å². The molecule has 0 bridgehead atoms. The number of hydrogen-bond donors (Lipinski definition) is 2. The molecule has 6 nitrogen and oxygen atoms in total. The van der Waals surface area contributed by atoms with E-state index >= 15 is 0 Å². The topological polar surface area (TPSA) is 64.7 Å². The molecule has 180 valence electrons. The molecule has 1 fully saturated rings. The van der Waals surface area contributed by atoms with Crippen molar-refractivity contribution in [1.82, 2.24) is 10.2 Å². The van der Waals surface area contributed by atoms with Crippen LogP contribution in [0.3, 0.4) is 0 Å². The van der Waals surface area contributed by atoms with E-state index in [0.717, 1.165) is 35.6 Å². The lowest BCUT2D eigenvalue weighted by Crippen LogP contribution is -2.48. The fraction of sp³-hybridized carbons (Fsp3) is 0.192. The molecule has 3 aromatic rings. The Morgan fingerprint density at radius 3 is 2.09 bits per heavy atom. The number of nitrogens with zero attached hydrogens (tertiary/aromatic N) is 2. The molecule has 1 saturated heterocycles. The molecule has 3 aromatic carbocycles. The summed E-state index contributed by atoms with van der Waals surface area (Å²) in [6.07, 6.45) is 0. The summed E-state index contributed by atoms with van der Waals surface area (Å²) in [6.45, 7) is 4.84. The van der Waals surface area contributed by atoms with Crippen molar-refractivity contribution in [2.75, 3.05) is 36.4 Å². The maximum absolute atomic E-state index is 12.7. The molecule has 35 heavy (non-hydrogen) atoms. The Morgan fingerprint density at radius 1 is 0.829 bits per heavy atom. The van der Waals surface area contributed by atoms with Crippen molar-refractivity contribution in [3.8, 4) is 0 Å². The summed E-state index contributed by atoms with van der Waals surface area (Å²) in [7, 11) is 0. The molecular formula is C26H24Cl2N4O2S. The molecule has 0 saturated carbocycles. The van der Waals surface area contributed by atoms with Crippen molar-refractivity contribution >= 4 is 63.7 Å². The van der Waals surface area contributed by atoms with Crippen molar-refractivity contribution in [2.45, 2.75) is 6.92 Å². The molecular weight excluding hydrogens is 503 g/mol. The molecule has 0 radical (unpaired) electrons. The standard InChI is InChI=1S/C26H24Cl2N4O2S/c1-17-2-4-18(5-3-17)25(34)32-14-12-31(13-15-32)21-9-7-20(8-10-21)29-26(35)30-24(33)19-6-11-22(27)23(28)16-19/h2-11,16H,12-15H2,1H3,(H2,29,30,33,35). The van der Waals surface area contributed by atoms with Gasteiger partial charge in [-0.15, -0.1) is 0 Å². The van der Waals surface area contributed by atoms with E-state index in [1.807, 2.05) is 60.4 Å². The quantitative estimate of drug-likeness (QED) is 0.446. The monoisotopic (exact) mass is 526 g/mol. The molecule has 0 aromatic heterocycles. The maximum Gasteiger partial charge on any atom is 0.257 e. The van der Waals surface area contributed by atoms with E-state index < -0.39 is 0 Å². The molecule has 0 unspecified atom stereocenters. The Balaban J connectivity index is 1.28. The molecule has 2 N–H and O–H groups in total. The summed E-state index contributed by atoms with van der Waals surface area (Å²) in [5.74, 6) is -0.309. The van der Waals surface area contributed by atoms with E-state index in [1.54, 1.807) is 12.1 Å². The number of anilines is 2. The Kier molecular flexibility index (Phi) is 7.90. The summed E-state index contributed by atoms with van der Waals surface area (Å²) in [5.41, 5.74) is 4.03. The van der Waals surface area contributed by atoms with E-state index in [9.17, 15) is 9.59 Å². The smallest absolute Gasteiger partial charge is 0.257 e. The van der Waals surface area contributed by atoms with Crippen molar-refractivity contribution in [3.63, 3.8) is 0 Å². The average molecular weight is 527 g/mol. The zero-order valence-corrected chi connectivity index (χ0v) is 21.4. The van der Waals surface area contributed by atoms with Gasteiger partial charge in [0, 0.05) is 48.7 Å². The number of hydrogen-bond acceptors (Lipinski definition) is 4. The van der Waals surface area contributed by atoms with Crippen LogP contribution in [-0.2, 0) is 0 Å². The number of aryl methyl sites for hydroxylation is 1. The van der Waals surface area contributed by atoms with Crippen molar-refractivity contribution < 1.29 is 9.59 Å². The molecule has 1 aliphatic rings. The van der Waals surface area contributed by atoms with Gasteiger partial charge in [-0.2, -0.15) is 0 Å². The number of piperazine rings is 1. The summed E-state index contributed by atoms with van der Waals surface area (Å²) in [4.78, 5) is 29.3. The van der Waals surface area contributed by atoms with E-state index in [2.05, 4.69) is 15.5 Å². The van der Waals surface area contributed by atoms with Crippen LogP contribution in [0.15, 0.2) is 66.7 Å². The van der Waals surface area contributed by atoms with Gasteiger partial charge in [-0.1, -0.05) is 40.9 Å². The molecule has 0 atom stereocenters. The first-order valence-corrected chi connectivity index (χ1v) is 12.2. The SMILES string of the molecule is Cc1ccc(C(=O)N2CCN(c3ccc(NC(=S)NC(=O)c4ccc(Cl)c(Cl)c4)cc3)CC2)cc1. The minimum atomic E-state index is -0.379. The summed E-state index contributed by atoms with van der Waals surface area (Å²) in [5, 5.41) is 6.50. The zero-order valence-electron chi connectivity index (χ0n) is 19.1. The first kappa shape index (κ1) is 25.0. The van der Waals surface area contributed by atoms with Crippen LogP contribution in [0.4, 0.5) is 11.4 Å². The summed E-state index contributed by atoms with van der Waals surface area (Å²) in [6, 6.07) is 20.1. The third-order valence-electron chi connectivity index (χ3n) is 5.76. The van der Waals surface area contributed by atoms with Crippen molar-refractivity contribution in [1.29, 1.82) is 0 Å². The van der Waals surface area contributed by atoms with E-state index in [-0.39, 0.29) is 16.9 Å². The molecule has 1 aliphatic heterocycles. The molecule has 9 heteroatoms. The number of benzene rings is 3. The van der Waals surface area contributed by atoms with E-state index in [4.69, 9.17) is 35.4 Å². The number of rotatable bonds is 4. The predicted molar refractivity (Wildman–Crippen MR) is 146 cm³/mol. The third-order valence-corrected chi connectivity index (χ3v) is 6.71. The summed E-state index contributed by atoms with van der Waals surface area (Å²) < 4.78 is 0. The molecule has 1 heterocycles. The highest BCUT2D eigenvalue weighted by molar-refractivity contribution is 7.80. The normalized spacial score (nSPS) is 13.3. The molecule has 4 rings (SSSR count). The predicted octanol–water partition coefficient (Wildman–Crippen LogP) is 5.39. The number of nitrogens with one attached hydrogen (secondary N) is 2. The second kappa shape index (κ2) is 11.1. The van der Waals surface area contributed by atoms with Gasteiger partial charge in [-0.25, -0.2) is 0 Å². The van der Waals surface area contributed by atoms with Crippen LogP contribution in [0.1, 0.15) is 26.3 Å². The Bertz CT molecular complexity index is 1240. The molecule has 0 spiro atoms. The Labute approximate surface area is 219 Å². The lowest BCUT2D eigenvalue weighted by molar-refractivity contribution is 0.0746. The fourth-order valence-corrected chi connectivity index (χ4v) is 4.29. The van der Waals surface area contributed by atoms with Crippen LogP contribution in [0.25, 0.3) is 0 Å². The highest BCUT2D eigenvalue weighted by Crippen LogP contribution is 2.23. The zero-order chi connectivity index (χ0) is 24.9. The lowest BCUT2D eigenvalue weighted by Gasteiger charge is -2.36. The van der Waals surface area contributed by atoms with Gasteiger partial charge in [0.2, 0.25) is 0 Å². The molecule has 0 aliphatic carbocycles. The summed E-state index contributed by atoms with van der Waals surface area (Å²) >= 11 is 17.1. The number of carbonyl (C=O) groups is 2. The van der Waals surface area contributed by atoms with Crippen LogP contribution < -0.4 is 15.5 Å². The van der Waals surface area contributed by atoms with Gasteiger partial charge in [-0.3, -0.25) is 14.9 Å². The molecule has 2 amide bonds. The minimum absolute atomic E-state index is 0.0700. The van der Waals surface area contributed by atoms with Gasteiger partial charge >= 0.3 is 0 Å². The number of amides is 2. The second-order valence-corrected chi connectivity index (χ2v) is 9.45. The lowest BCUT2D eigenvalue weighted by atomic mass is 10.1. The van der Waals surface area contributed by atoms with Gasteiger partial charge in [0.15, 0.2) is 5.11 Å².